The van der Waals surface area contributed by atoms with E-state index in [0.29, 0.717) is 18.0 Å². The van der Waals surface area contributed by atoms with Crippen LogP contribution >= 0.6 is 0 Å². The Balaban J connectivity index is 1.76. The zero-order valence-electron chi connectivity index (χ0n) is 12.6. The fourth-order valence-corrected chi connectivity index (χ4v) is 4.98. The van der Waals surface area contributed by atoms with Gasteiger partial charge in [-0.1, -0.05) is 44.9 Å². The topological polar surface area (TPSA) is 40.5 Å². The highest BCUT2D eigenvalue weighted by Crippen LogP contribution is 2.42. The third-order valence-corrected chi connectivity index (χ3v) is 5.92. The van der Waals surface area contributed by atoms with Crippen molar-refractivity contribution in [2.24, 2.45) is 5.92 Å². The number of rotatable bonds is 2. The molecule has 1 N–H and O–H groups in total. The van der Waals surface area contributed by atoms with Gasteiger partial charge in [0.2, 0.25) is 0 Å². The molecule has 1 aliphatic heterocycles. The van der Waals surface area contributed by atoms with Gasteiger partial charge in [-0.05, 0) is 38.0 Å². The standard InChI is InChI=1S/C17H29NO2/c19-17(20)16-12-13-8-6-7-11-15(13)18(16)14-9-4-2-1-3-5-10-14/h13-16H,1-12H2,(H,19,20). The second-order valence-corrected chi connectivity index (χ2v) is 7.15. The molecule has 114 valence electrons. The molecule has 3 aliphatic rings. The number of likely N-dealkylation sites (tertiary alicyclic amines) is 1. The second-order valence-electron chi connectivity index (χ2n) is 7.15. The first-order valence-electron chi connectivity index (χ1n) is 8.77. The van der Waals surface area contributed by atoms with Crippen LogP contribution in [-0.2, 0) is 4.79 Å². The largest absolute Gasteiger partial charge is 0.480 e. The first-order valence-corrected chi connectivity index (χ1v) is 8.77. The van der Waals surface area contributed by atoms with Gasteiger partial charge in [0.25, 0.3) is 0 Å². The van der Waals surface area contributed by atoms with E-state index in [9.17, 15) is 9.90 Å². The Hall–Kier alpha value is -0.570. The van der Waals surface area contributed by atoms with Crippen LogP contribution in [0.3, 0.4) is 0 Å². The van der Waals surface area contributed by atoms with E-state index in [1.54, 1.807) is 0 Å². The summed E-state index contributed by atoms with van der Waals surface area (Å²) in [7, 11) is 0. The molecule has 3 heteroatoms. The van der Waals surface area contributed by atoms with E-state index in [2.05, 4.69) is 4.90 Å². The lowest BCUT2D eigenvalue weighted by Gasteiger charge is -2.39. The van der Waals surface area contributed by atoms with Crippen molar-refractivity contribution < 1.29 is 9.90 Å². The number of hydrogen-bond donors (Lipinski definition) is 1. The van der Waals surface area contributed by atoms with Crippen molar-refractivity contribution >= 4 is 5.97 Å². The Labute approximate surface area is 122 Å². The maximum atomic E-state index is 11.7. The fourth-order valence-electron chi connectivity index (χ4n) is 4.98. The van der Waals surface area contributed by atoms with Crippen molar-refractivity contribution in [3.63, 3.8) is 0 Å². The van der Waals surface area contributed by atoms with Crippen LogP contribution in [0.4, 0.5) is 0 Å². The molecule has 0 aromatic rings. The SMILES string of the molecule is O=C(O)C1CC2CCCCC2N1C1CCCCCCC1. The van der Waals surface area contributed by atoms with Crippen molar-refractivity contribution in [3.8, 4) is 0 Å². The average Bonchev–Trinajstić information content (AvgIpc) is 2.78. The van der Waals surface area contributed by atoms with Gasteiger partial charge in [0.05, 0.1) is 0 Å². The normalized spacial score (nSPS) is 37.1. The fraction of sp³-hybridized carbons (Fsp3) is 0.941. The molecule has 20 heavy (non-hydrogen) atoms. The predicted octanol–water partition coefficient (Wildman–Crippen LogP) is 3.82. The molecule has 0 aromatic carbocycles. The van der Waals surface area contributed by atoms with E-state index in [1.807, 2.05) is 0 Å². The summed E-state index contributed by atoms with van der Waals surface area (Å²) in [6.45, 7) is 0. The van der Waals surface area contributed by atoms with Crippen LogP contribution in [0, 0.1) is 5.92 Å². The first kappa shape index (κ1) is 14.4. The number of fused-ring (bicyclic) bond motifs is 1. The van der Waals surface area contributed by atoms with Crippen molar-refractivity contribution in [1.82, 2.24) is 4.90 Å². The second kappa shape index (κ2) is 6.46. The van der Waals surface area contributed by atoms with Gasteiger partial charge >= 0.3 is 5.97 Å². The molecule has 3 unspecified atom stereocenters. The van der Waals surface area contributed by atoms with Crippen LogP contribution in [0.2, 0.25) is 0 Å². The molecule has 0 radical (unpaired) electrons. The molecule has 3 rings (SSSR count). The smallest absolute Gasteiger partial charge is 0.320 e. The third-order valence-electron chi connectivity index (χ3n) is 5.92. The molecular weight excluding hydrogens is 250 g/mol. The summed E-state index contributed by atoms with van der Waals surface area (Å²) in [6.07, 6.45) is 15.1. The molecule has 2 saturated carbocycles. The van der Waals surface area contributed by atoms with Gasteiger partial charge in [0, 0.05) is 12.1 Å². The van der Waals surface area contributed by atoms with E-state index < -0.39 is 5.97 Å². The maximum absolute atomic E-state index is 11.7. The minimum atomic E-state index is -0.568. The van der Waals surface area contributed by atoms with Gasteiger partial charge in [-0.25, -0.2) is 0 Å². The Kier molecular flexibility index (Phi) is 4.65. The van der Waals surface area contributed by atoms with Crippen LogP contribution in [0.5, 0.6) is 0 Å². The molecular formula is C17H29NO2. The summed E-state index contributed by atoms with van der Waals surface area (Å²) < 4.78 is 0. The summed E-state index contributed by atoms with van der Waals surface area (Å²) in [4.78, 5) is 14.2. The van der Waals surface area contributed by atoms with Gasteiger partial charge in [-0.15, -0.1) is 0 Å². The minimum absolute atomic E-state index is 0.187. The molecule has 1 saturated heterocycles. The molecule has 3 nitrogen and oxygen atoms in total. The number of carboxylic acids is 1. The number of hydrogen-bond acceptors (Lipinski definition) is 2. The Morgan fingerprint density at radius 3 is 2.15 bits per heavy atom. The zero-order valence-corrected chi connectivity index (χ0v) is 12.6. The summed E-state index contributed by atoms with van der Waals surface area (Å²) in [6, 6.07) is 0.936. The summed E-state index contributed by atoms with van der Waals surface area (Å²) in [5.74, 6) is 0.0942. The minimum Gasteiger partial charge on any atom is -0.480 e. The predicted molar refractivity (Wildman–Crippen MR) is 79.7 cm³/mol. The van der Waals surface area contributed by atoms with Crippen LogP contribution in [0.25, 0.3) is 0 Å². The van der Waals surface area contributed by atoms with Gasteiger partial charge < -0.3 is 5.11 Å². The summed E-state index contributed by atoms with van der Waals surface area (Å²) in [5, 5.41) is 9.65. The number of carbonyl (C=O) groups is 1. The van der Waals surface area contributed by atoms with Crippen molar-refractivity contribution in [2.45, 2.75) is 95.2 Å². The van der Waals surface area contributed by atoms with Gasteiger partial charge in [0.1, 0.15) is 6.04 Å². The van der Waals surface area contributed by atoms with Gasteiger partial charge in [-0.2, -0.15) is 0 Å². The van der Waals surface area contributed by atoms with Gasteiger partial charge in [-0.3, -0.25) is 9.69 Å². The monoisotopic (exact) mass is 279 g/mol. The summed E-state index contributed by atoms with van der Waals surface area (Å²) in [5.41, 5.74) is 0. The lowest BCUT2D eigenvalue weighted by atomic mass is 9.84. The highest BCUT2D eigenvalue weighted by atomic mass is 16.4. The van der Waals surface area contributed by atoms with E-state index in [-0.39, 0.29) is 6.04 Å². The van der Waals surface area contributed by atoms with Gasteiger partial charge in [0.15, 0.2) is 0 Å². The molecule has 0 bridgehead atoms. The molecule has 0 aromatic heterocycles. The van der Waals surface area contributed by atoms with Crippen molar-refractivity contribution in [1.29, 1.82) is 0 Å². The quantitative estimate of drug-likeness (QED) is 0.835. The highest BCUT2D eigenvalue weighted by Gasteiger charge is 2.47. The molecule has 3 atom stereocenters. The lowest BCUT2D eigenvalue weighted by Crippen LogP contribution is -2.48. The van der Waals surface area contributed by atoms with E-state index >= 15 is 0 Å². The lowest BCUT2D eigenvalue weighted by molar-refractivity contribution is -0.143. The van der Waals surface area contributed by atoms with Crippen molar-refractivity contribution in [2.75, 3.05) is 0 Å². The number of carboxylic acid groups (broad SMARTS) is 1. The zero-order chi connectivity index (χ0) is 13.9. The molecule has 1 heterocycles. The molecule has 3 fully saturated rings. The summed E-state index contributed by atoms with van der Waals surface area (Å²) >= 11 is 0. The molecule has 0 amide bonds. The van der Waals surface area contributed by atoms with E-state index in [1.165, 1.54) is 70.6 Å². The van der Waals surface area contributed by atoms with Crippen LogP contribution in [0.1, 0.15) is 77.0 Å². The van der Waals surface area contributed by atoms with E-state index in [4.69, 9.17) is 0 Å². The Morgan fingerprint density at radius 2 is 1.45 bits per heavy atom. The maximum Gasteiger partial charge on any atom is 0.320 e. The number of aliphatic carboxylic acids is 1. The third kappa shape index (κ3) is 2.88. The Bertz CT molecular complexity index is 336. The number of nitrogens with zero attached hydrogens (tertiary/aromatic N) is 1. The van der Waals surface area contributed by atoms with Crippen LogP contribution in [-0.4, -0.2) is 34.1 Å². The van der Waals surface area contributed by atoms with Crippen LogP contribution < -0.4 is 0 Å². The highest BCUT2D eigenvalue weighted by molar-refractivity contribution is 5.74. The molecule has 2 aliphatic carbocycles. The van der Waals surface area contributed by atoms with E-state index in [0.717, 1.165) is 6.42 Å². The molecule has 0 spiro atoms. The first-order chi connectivity index (χ1) is 9.77. The van der Waals surface area contributed by atoms with Crippen molar-refractivity contribution in [3.05, 3.63) is 0 Å². The average molecular weight is 279 g/mol. The van der Waals surface area contributed by atoms with Crippen LogP contribution in [0.15, 0.2) is 0 Å². The Morgan fingerprint density at radius 1 is 0.850 bits per heavy atom.